The zero-order chi connectivity index (χ0) is 8.32. The van der Waals surface area contributed by atoms with Crippen LogP contribution in [0.5, 0.6) is 0 Å². The second-order valence-electron chi connectivity index (χ2n) is 3.98. The van der Waals surface area contributed by atoms with E-state index in [0.717, 1.165) is 12.8 Å². The molecule has 1 fully saturated rings. The highest BCUT2D eigenvalue weighted by Gasteiger charge is 2.30. The molecule has 0 amide bonds. The minimum absolute atomic E-state index is 0.251. The molecule has 1 saturated carbocycles. The third-order valence-corrected chi connectivity index (χ3v) is 3.55. The van der Waals surface area contributed by atoms with Crippen LogP contribution in [0, 0.1) is 5.41 Å². The van der Waals surface area contributed by atoms with Gasteiger partial charge in [-0.05, 0) is 31.1 Å². The van der Waals surface area contributed by atoms with Crippen molar-refractivity contribution in [1.82, 2.24) is 5.73 Å². The van der Waals surface area contributed by atoms with E-state index in [1.165, 1.54) is 25.7 Å². The topological polar surface area (TPSA) is 23.8 Å². The summed E-state index contributed by atoms with van der Waals surface area (Å²) in [5, 5.41) is 0. The Labute approximate surface area is 70.4 Å². The molecule has 1 N–H and O–H groups in total. The van der Waals surface area contributed by atoms with Crippen molar-refractivity contribution < 1.29 is 0 Å². The van der Waals surface area contributed by atoms with Gasteiger partial charge in [-0.25, -0.2) is 0 Å². The zero-order valence-electron chi connectivity index (χ0n) is 7.82. The van der Waals surface area contributed by atoms with E-state index >= 15 is 0 Å². The summed E-state index contributed by atoms with van der Waals surface area (Å²) in [6.45, 7) is 4.60. The lowest BCUT2D eigenvalue weighted by Crippen LogP contribution is -2.29. The molecular formula is C10H20N. The molecule has 0 aromatic rings. The molecular weight excluding hydrogens is 134 g/mol. The van der Waals surface area contributed by atoms with Crippen molar-refractivity contribution in [2.75, 3.05) is 0 Å². The molecule has 65 valence electrons. The lowest BCUT2D eigenvalue weighted by molar-refractivity contribution is 0.158. The van der Waals surface area contributed by atoms with Crippen molar-refractivity contribution in [2.24, 2.45) is 5.41 Å². The van der Waals surface area contributed by atoms with Gasteiger partial charge in [0.2, 0.25) is 0 Å². The average Bonchev–Trinajstić information content (AvgIpc) is 2.07. The molecule has 0 atom stereocenters. The Morgan fingerprint density at radius 2 is 1.64 bits per heavy atom. The van der Waals surface area contributed by atoms with Crippen LogP contribution in [0.1, 0.15) is 52.4 Å². The van der Waals surface area contributed by atoms with Crippen LogP contribution in [0.3, 0.4) is 0 Å². The normalized spacial score (nSPS) is 25.4. The summed E-state index contributed by atoms with van der Waals surface area (Å²) >= 11 is 0. The fraction of sp³-hybridized carbons (Fsp3) is 1.00. The Bertz CT molecular complexity index is 106. The summed E-state index contributed by atoms with van der Waals surface area (Å²) in [7, 11) is 0. The standard InChI is InChI=1S/C10H20N/c1-3-10(4-2)7-5-9(11)6-8-10/h9,11H,3-8H2,1-2H3. The molecule has 0 unspecified atom stereocenters. The summed E-state index contributed by atoms with van der Waals surface area (Å²) in [6.07, 6.45) is 7.51. The van der Waals surface area contributed by atoms with Crippen LogP contribution in [0.25, 0.3) is 0 Å². The maximum absolute atomic E-state index is 7.60. The van der Waals surface area contributed by atoms with Gasteiger partial charge in [-0.1, -0.05) is 26.7 Å². The van der Waals surface area contributed by atoms with Gasteiger partial charge in [-0.3, -0.25) is 5.73 Å². The maximum atomic E-state index is 7.60. The van der Waals surface area contributed by atoms with E-state index in [1.807, 2.05) is 0 Å². The summed E-state index contributed by atoms with van der Waals surface area (Å²) < 4.78 is 0. The van der Waals surface area contributed by atoms with Gasteiger partial charge in [0.1, 0.15) is 0 Å². The van der Waals surface area contributed by atoms with Crippen LogP contribution in [0.2, 0.25) is 0 Å². The predicted molar refractivity (Wildman–Crippen MR) is 48.4 cm³/mol. The Balaban J connectivity index is 2.45. The molecule has 0 aliphatic heterocycles. The predicted octanol–water partition coefficient (Wildman–Crippen LogP) is 3.02. The Morgan fingerprint density at radius 1 is 1.18 bits per heavy atom. The van der Waals surface area contributed by atoms with Crippen LogP contribution in [-0.2, 0) is 0 Å². The second kappa shape index (κ2) is 3.57. The number of nitrogens with one attached hydrogen (secondary N) is 1. The molecule has 0 aromatic carbocycles. The van der Waals surface area contributed by atoms with Crippen molar-refractivity contribution in [2.45, 2.75) is 58.4 Å². The number of hydrogen-bond acceptors (Lipinski definition) is 0. The van der Waals surface area contributed by atoms with Gasteiger partial charge in [-0.15, -0.1) is 0 Å². The van der Waals surface area contributed by atoms with E-state index in [1.54, 1.807) is 0 Å². The molecule has 1 aliphatic rings. The fourth-order valence-corrected chi connectivity index (χ4v) is 2.19. The van der Waals surface area contributed by atoms with Crippen molar-refractivity contribution >= 4 is 0 Å². The highest BCUT2D eigenvalue weighted by atomic mass is 14.6. The smallest absolute Gasteiger partial charge is 0.0213 e. The minimum Gasteiger partial charge on any atom is -0.255 e. The molecule has 1 aliphatic carbocycles. The van der Waals surface area contributed by atoms with Crippen molar-refractivity contribution in [3.05, 3.63) is 0 Å². The molecule has 1 nitrogen and oxygen atoms in total. The van der Waals surface area contributed by atoms with Crippen LogP contribution in [0.15, 0.2) is 0 Å². The van der Waals surface area contributed by atoms with E-state index in [9.17, 15) is 0 Å². The first kappa shape index (κ1) is 9.05. The summed E-state index contributed by atoms with van der Waals surface area (Å²) in [6, 6.07) is 0.251. The van der Waals surface area contributed by atoms with Crippen molar-refractivity contribution in [3.8, 4) is 0 Å². The van der Waals surface area contributed by atoms with Gasteiger partial charge in [0.05, 0.1) is 0 Å². The SMILES string of the molecule is CCC1(CC)CCC([NH])CC1. The van der Waals surface area contributed by atoms with Gasteiger partial charge in [-0.2, -0.15) is 0 Å². The van der Waals surface area contributed by atoms with Crippen LogP contribution in [0.4, 0.5) is 0 Å². The fourth-order valence-electron chi connectivity index (χ4n) is 2.19. The average molecular weight is 154 g/mol. The van der Waals surface area contributed by atoms with E-state index in [4.69, 9.17) is 5.73 Å². The van der Waals surface area contributed by atoms with Crippen LogP contribution >= 0.6 is 0 Å². The monoisotopic (exact) mass is 154 g/mol. The maximum Gasteiger partial charge on any atom is 0.0213 e. The number of hydrogen-bond donors (Lipinski definition) is 0. The van der Waals surface area contributed by atoms with E-state index in [2.05, 4.69) is 13.8 Å². The molecule has 1 rings (SSSR count). The Kier molecular flexibility index (Phi) is 2.94. The Morgan fingerprint density at radius 3 is 2.00 bits per heavy atom. The van der Waals surface area contributed by atoms with Crippen LogP contribution < -0.4 is 5.73 Å². The quantitative estimate of drug-likeness (QED) is 0.584. The van der Waals surface area contributed by atoms with Gasteiger partial charge >= 0.3 is 0 Å². The van der Waals surface area contributed by atoms with E-state index < -0.39 is 0 Å². The molecule has 0 spiro atoms. The van der Waals surface area contributed by atoms with E-state index in [-0.39, 0.29) is 6.04 Å². The first-order chi connectivity index (χ1) is 5.22. The van der Waals surface area contributed by atoms with Gasteiger partial charge in [0.25, 0.3) is 0 Å². The van der Waals surface area contributed by atoms with Gasteiger partial charge in [0, 0.05) is 6.04 Å². The first-order valence-corrected chi connectivity index (χ1v) is 4.93. The van der Waals surface area contributed by atoms with Crippen LogP contribution in [-0.4, -0.2) is 6.04 Å². The largest absolute Gasteiger partial charge is 0.255 e. The first-order valence-electron chi connectivity index (χ1n) is 4.93. The van der Waals surface area contributed by atoms with Crippen molar-refractivity contribution in [3.63, 3.8) is 0 Å². The molecule has 0 saturated heterocycles. The molecule has 0 bridgehead atoms. The molecule has 1 heteroatoms. The van der Waals surface area contributed by atoms with Gasteiger partial charge < -0.3 is 0 Å². The molecule has 0 heterocycles. The van der Waals surface area contributed by atoms with E-state index in [0.29, 0.717) is 5.41 Å². The highest BCUT2D eigenvalue weighted by Crippen LogP contribution is 2.41. The minimum atomic E-state index is 0.251. The third kappa shape index (κ3) is 1.96. The third-order valence-electron chi connectivity index (χ3n) is 3.55. The number of rotatable bonds is 2. The highest BCUT2D eigenvalue weighted by molar-refractivity contribution is 4.84. The van der Waals surface area contributed by atoms with Crippen molar-refractivity contribution in [1.29, 1.82) is 0 Å². The molecule has 11 heavy (non-hydrogen) atoms. The summed E-state index contributed by atoms with van der Waals surface area (Å²) in [5.74, 6) is 0. The summed E-state index contributed by atoms with van der Waals surface area (Å²) in [5.41, 5.74) is 8.22. The van der Waals surface area contributed by atoms with Gasteiger partial charge in [0.15, 0.2) is 0 Å². The lowest BCUT2D eigenvalue weighted by Gasteiger charge is -2.37. The molecule has 1 radical (unpaired) electrons. The second-order valence-corrected chi connectivity index (χ2v) is 3.98. The molecule has 0 aromatic heterocycles. The Hall–Kier alpha value is -0.0400. The zero-order valence-corrected chi connectivity index (χ0v) is 7.82. The lowest BCUT2D eigenvalue weighted by atomic mass is 9.69. The summed E-state index contributed by atoms with van der Waals surface area (Å²) in [4.78, 5) is 0.